The van der Waals surface area contributed by atoms with E-state index < -0.39 is 5.82 Å². The SMILES string of the molecule is NC1CCN(C(=O)c2nc(Nc3n[nH]c(C4CC4)c3F)c3cc(Cl)ccc3n2)CC1. The first-order chi connectivity index (χ1) is 14.5. The molecule has 1 amide bonds. The van der Waals surface area contributed by atoms with Crippen molar-refractivity contribution in [3.05, 3.63) is 40.6 Å². The molecule has 0 atom stereocenters. The Labute approximate surface area is 177 Å². The van der Waals surface area contributed by atoms with E-state index in [0.29, 0.717) is 34.7 Å². The van der Waals surface area contributed by atoms with Crippen LogP contribution in [0, 0.1) is 5.82 Å². The van der Waals surface area contributed by atoms with E-state index in [1.807, 2.05) is 0 Å². The number of carbonyl (C=O) groups is 1. The van der Waals surface area contributed by atoms with Gasteiger partial charge in [-0.15, -0.1) is 0 Å². The van der Waals surface area contributed by atoms with E-state index in [9.17, 15) is 9.18 Å². The normalized spacial score (nSPS) is 17.5. The Balaban J connectivity index is 1.52. The maximum absolute atomic E-state index is 14.8. The molecule has 2 aliphatic rings. The monoisotopic (exact) mass is 429 g/mol. The maximum Gasteiger partial charge on any atom is 0.291 e. The fraction of sp³-hybridized carbons (Fsp3) is 0.400. The van der Waals surface area contributed by atoms with Crippen LogP contribution in [0.3, 0.4) is 0 Å². The second kappa shape index (κ2) is 7.48. The fourth-order valence-corrected chi connectivity index (χ4v) is 3.89. The Morgan fingerprint density at radius 3 is 2.70 bits per heavy atom. The van der Waals surface area contributed by atoms with E-state index in [-0.39, 0.29) is 35.3 Å². The first-order valence-electron chi connectivity index (χ1n) is 10.0. The zero-order chi connectivity index (χ0) is 20.8. The molecule has 4 N–H and O–H groups in total. The number of benzene rings is 1. The van der Waals surface area contributed by atoms with Crippen LogP contribution in [-0.2, 0) is 0 Å². The number of hydrogen-bond donors (Lipinski definition) is 3. The van der Waals surface area contributed by atoms with E-state index in [0.717, 1.165) is 25.7 Å². The molecule has 8 nitrogen and oxygen atoms in total. The summed E-state index contributed by atoms with van der Waals surface area (Å²) in [5, 5.41) is 10.8. The number of hydrogen-bond acceptors (Lipinski definition) is 6. The van der Waals surface area contributed by atoms with Crippen molar-refractivity contribution in [3.8, 4) is 0 Å². The first kappa shape index (κ1) is 19.2. The standard InChI is InChI=1S/C20H21ClFN7O/c21-11-3-4-14-13(9-11)17(25-18-15(22)16(27-28-18)10-1-2-10)26-19(24-14)20(30)29-7-5-12(23)6-8-29/h3-4,9-10,12H,1-2,5-8,23H2,(H2,24,25,26,27,28). The lowest BCUT2D eigenvalue weighted by molar-refractivity contribution is 0.0703. The lowest BCUT2D eigenvalue weighted by atomic mass is 10.1. The third-order valence-electron chi connectivity index (χ3n) is 5.63. The second-order valence-corrected chi connectivity index (χ2v) is 8.32. The number of fused-ring (bicyclic) bond motifs is 1. The lowest BCUT2D eigenvalue weighted by Crippen LogP contribution is -2.43. The predicted octanol–water partition coefficient (Wildman–Crippen LogP) is 3.33. The zero-order valence-corrected chi connectivity index (χ0v) is 16.9. The maximum atomic E-state index is 14.8. The number of nitrogens with two attached hydrogens (primary N) is 1. The number of amides is 1. The van der Waals surface area contributed by atoms with Gasteiger partial charge in [-0.25, -0.2) is 14.4 Å². The van der Waals surface area contributed by atoms with Crippen molar-refractivity contribution < 1.29 is 9.18 Å². The third-order valence-corrected chi connectivity index (χ3v) is 5.87. The number of aromatic nitrogens is 4. The molecular weight excluding hydrogens is 409 g/mol. The molecule has 0 bridgehead atoms. The van der Waals surface area contributed by atoms with Gasteiger partial charge in [-0.05, 0) is 43.9 Å². The quantitative estimate of drug-likeness (QED) is 0.586. The Kier molecular flexibility index (Phi) is 4.79. The average molecular weight is 430 g/mol. The minimum absolute atomic E-state index is 0.0409. The second-order valence-electron chi connectivity index (χ2n) is 7.89. The minimum atomic E-state index is -0.427. The van der Waals surface area contributed by atoms with E-state index in [1.165, 1.54) is 0 Å². The molecule has 0 unspecified atom stereocenters. The Morgan fingerprint density at radius 1 is 1.20 bits per heavy atom. The molecule has 2 aromatic heterocycles. The highest BCUT2D eigenvalue weighted by Crippen LogP contribution is 2.41. The highest BCUT2D eigenvalue weighted by molar-refractivity contribution is 6.31. The minimum Gasteiger partial charge on any atom is -0.336 e. The number of nitrogens with zero attached hydrogens (tertiary/aromatic N) is 4. The summed E-state index contributed by atoms with van der Waals surface area (Å²) in [6.45, 7) is 1.12. The highest BCUT2D eigenvalue weighted by atomic mass is 35.5. The van der Waals surface area contributed by atoms with Gasteiger partial charge >= 0.3 is 0 Å². The summed E-state index contributed by atoms with van der Waals surface area (Å²) in [7, 11) is 0. The van der Waals surface area contributed by atoms with Gasteiger partial charge in [-0.3, -0.25) is 9.89 Å². The molecule has 0 spiro atoms. The van der Waals surface area contributed by atoms with Crippen LogP contribution in [0.4, 0.5) is 16.0 Å². The zero-order valence-electron chi connectivity index (χ0n) is 16.2. The van der Waals surface area contributed by atoms with Crippen LogP contribution in [0.2, 0.25) is 5.02 Å². The topological polar surface area (TPSA) is 113 Å². The largest absolute Gasteiger partial charge is 0.336 e. The molecule has 156 valence electrons. The summed E-state index contributed by atoms with van der Waals surface area (Å²) in [4.78, 5) is 23.5. The van der Waals surface area contributed by atoms with Crippen molar-refractivity contribution in [2.45, 2.75) is 37.6 Å². The molecule has 2 fully saturated rings. The van der Waals surface area contributed by atoms with Crippen molar-refractivity contribution >= 4 is 40.0 Å². The fourth-order valence-electron chi connectivity index (χ4n) is 3.71. The number of halogens is 2. The van der Waals surface area contributed by atoms with Crippen molar-refractivity contribution in [2.24, 2.45) is 5.73 Å². The number of rotatable bonds is 4. The predicted molar refractivity (Wildman–Crippen MR) is 111 cm³/mol. The first-order valence-corrected chi connectivity index (χ1v) is 10.4. The number of H-pyrrole nitrogens is 1. The van der Waals surface area contributed by atoms with Gasteiger partial charge in [0.05, 0.1) is 11.2 Å². The highest BCUT2D eigenvalue weighted by Gasteiger charge is 2.31. The van der Waals surface area contributed by atoms with Crippen molar-refractivity contribution in [2.75, 3.05) is 18.4 Å². The molecule has 1 saturated carbocycles. The van der Waals surface area contributed by atoms with E-state index >= 15 is 0 Å². The van der Waals surface area contributed by atoms with Gasteiger partial charge in [0.25, 0.3) is 5.91 Å². The van der Waals surface area contributed by atoms with E-state index in [1.54, 1.807) is 23.1 Å². The Morgan fingerprint density at radius 2 is 1.97 bits per heavy atom. The van der Waals surface area contributed by atoms with E-state index in [2.05, 4.69) is 25.5 Å². The number of anilines is 2. The number of aromatic amines is 1. The van der Waals surface area contributed by atoms with Crippen molar-refractivity contribution in [1.29, 1.82) is 0 Å². The van der Waals surface area contributed by atoms with Crippen LogP contribution in [0.5, 0.6) is 0 Å². The van der Waals surface area contributed by atoms with Gasteiger partial charge in [0.1, 0.15) is 5.82 Å². The van der Waals surface area contributed by atoms with Crippen LogP contribution >= 0.6 is 11.6 Å². The smallest absolute Gasteiger partial charge is 0.291 e. The van der Waals surface area contributed by atoms with Gasteiger partial charge in [0, 0.05) is 35.5 Å². The summed E-state index contributed by atoms with van der Waals surface area (Å²) in [6, 6.07) is 5.19. The summed E-state index contributed by atoms with van der Waals surface area (Å²) in [5.74, 6) is -0.146. The summed E-state index contributed by atoms with van der Waals surface area (Å²) in [6.07, 6.45) is 3.37. The van der Waals surface area contributed by atoms with Crippen LogP contribution < -0.4 is 11.1 Å². The van der Waals surface area contributed by atoms with Gasteiger partial charge in [-0.1, -0.05) is 11.6 Å². The average Bonchev–Trinajstić information content (AvgIpc) is 3.52. The number of likely N-dealkylation sites (tertiary alicyclic amines) is 1. The number of nitrogens with one attached hydrogen (secondary N) is 2. The molecular formula is C20H21ClFN7O. The molecule has 1 aromatic carbocycles. The summed E-state index contributed by atoms with van der Waals surface area (Å²) < 4.78 is 14.8. The van der Waals surface area contributed by atoms with Gasteiger partial charge in [0.15, 0.2) is 11.6 Å². The Bertz CT molecular complexity index is 1120. The summed E-state index contributed by atoms with van der Waals surface area (Å²) in [5.41, 5.74) is 6.97. The number of carbonyl (C=O) groups excluding carboxylic acids is 1. The number of piperidine rings is 1. The molecule has 3 aromatic rings. The molecule has 1 saturated heterocycles. The van der Waals surface area contributed by atoms with Crippen LogP contribution in [-0.4, -0.2) is 50.1 Å². The van der Waals surface area contributed by atoms with Crippen LogP contribution in [0.1, 0.15) is 47.9 Å². The Hall–Kier alpha value is -2.78. The van der Waals surface area contributed by atoms with Gasteiger partial charge in [-0.2, -0.15) is 5.10 Å². The summed E-state index contributed by atoms with van der Waals surface area (Å²) >= 11 is 6.15. The van der Waals surface area contributed by atoms with Crippen LogP contribution in [0.15, 0.2) is 18.2 Å². The molecule has 30 heavy (non-hydrogen) atoms. The molecule has 0 radical (unpaired) electrons. The third kappa shape index (κ3) is 3.59. The lowest BCUT2D eigenvalue weighted by Gasteiger charge is -2.29. The molecule has 10 heteroatoms. The van der Waals surface area contributed by atoms with Crippen molar-refractivity contribution in [3.63, 3.8) is 0 Å². The molecule has 3 heterocycles. The van der Waals surface area contributed by atoms with Gasteiger partial charge < -0.3 is 16.0 Å². The van der Waals surface area contributed by atoms with Gasteiger partial charge in [0.2, 0.25) is 5.82 Å². The molecule has 5 rings (SSSR count). The molecule has 1 aliphatic heterocycles. The van der Waals surface area contributed by atoms with Crippen LogP contribution in [0.25, 0.3) is 10.9 Å². The molecule has 1 aliphatic carbocycles. The van der Waals surface area contributed by atoms with E-state index in [4.69, 9.17) is 17.3 Å². The van der Waals surface area contributed by atoms with Crippen molar-refractivity contribution in [1.82, 2.24) is 25.1 Å².